The quantitative estimate of drug-likeness (QED) is 0.417. The van der Waals surface area contributed by atoms with Gasteiger partial charge in [0.1, 0.15) is 4.83 Å². The van der Waals surface area contributed by atoms with Crippen molar-refractivity contribution in [3.63, 3.8) is 0 Å². The van der Waals surface area contributed by atoms with E-state index in [9.17, 15) is 4.79 Å². The highest BCUT2D eigenvalue weighted by molar-refractivity contribution is 7.98. The Morgan fingerprint density at radius 1 is 0.909 bits per heavy atom. The number of rotatable bonds is 4. The van der Waals surface area contributed by atoms with Crippen LogP contribution in [0.25, 0.3) is 15.9 Å². The van der Waals surface area contributed by atoms with Crippen molar-refractivity contribution in [2.24, 2.45) is 0 Å². The van der Waals surface area contributed by atoms with Crippen LogP contribution in [0, 0.1) is 0 Å². The average molecular weight is 480 g/mol. The van der Waals surface area contributed by atoms with Crippen LogP contribution >= 0.6 is 23.1 Å². The lowest BCUT2D eigenvalue weighted by atomic mass is 9.89. The molecule has 0 saturated heterocycles. The SMILES string of the molecule is O=c1c2c3c(sc2nc(N(C2CCCCC2)C2CCCCC2)n1-c1ccccc1)CSCC3. The van der Waals surface area contributed by atoms with E-state index in [1.807, 2.05) is 34.5 Å². The summed E-state index contributed by atoms with van der Waals surface area (Å²) in [6, 6.07) is 11.3. The van der Waals surface area contributed by atoms with Crippen molar-refractivity contribution in [1.29, 1.82) is 0 Å². The molecule has 3 heterocycles. The molecule has 174 valence electrons. The fourth-order valence-electron chi connectivity index (χ4n) is 6.19. The molecule has 1 aliphatic heterocycles. The maximum absolute atomic E-state index is 14.2. The molecular weight excluding hydrogens is 446 g/mol. The number of hydrogen-bond donors (Lipinski definition) is 0. The van der Waals surface area contributed by atoms with E-state index in [0.717, 1.165) is 39.8 Å². The number of para-hydroxylation sites is 1. The fraction of sp³-hybridized carbons (Fsp3) is 0.556. The number of nitrogens with zero attached hydrogens (tertiary/aromatic N) is 3. The summed E-state index contributed by atoms with van der Waals surface area (Å²) in [6.07, 6.45) is 13.7. The number of thioether (sulfide) groups is 1. The Hall–Kier alpha value is -1.79. The highest BCUT2D eigenvalue weighted by Crippen LogP contribution is 2.39. The van der Waals surface area contributed by atoms with Crippen LogP contribution in [0.3, 0.4) is 0 Å². The van der Waals surface area contributed by atoms with Crippen molar-refractivity contribution in [3.8, 4) is 5.69 Å². The van der Waals surface area contributed by atoms with Crippen LogP contribution in [0.1, 0.15) is 74.6 Å². The minimum atomic E-state index is 0.141. The van der Waals surface area contributed by atoms with Crippen LogP contribution in [0.2, 0.25) is 0 Å². The molecule has 2 aliphatic carbocycles. The van der Waals surface area contributed by atoms with Gasteiger partial charge >= 0.3 is 0 Å². The van der Waals surface area contributed by atoms with Crippen LogP contribution in [0.5, 0.6) is 0 Å². The van der Waals surface area contributed by atoms with E-state index in [4.69, 9.17) is 4.98 Å². The maximum Gasteiger partial charge on any atom is 0.268 e. The molecular formula is C27H33N3OS2. The molecule has 0 unspecified atom stereocenters. The van der Waals surface area contributed by atoms with Gasteiger partial charge in [0, 0.05) is 22.7 Å². The number of benzene rings is 1. The van der Waals surface area contributed by atoms with Crippen molar-refractivity contribution in [1.82, 2.24) is 9.55 Å². The van der Waals surface area contributed by atoms with Crippen molar-refractivity contribution in [3.05, 3.63) is 51.1 Å². The molecule has 2 aromatic heterocycles. The molecule has 33 heavy (non-hydrogen) atoms. The van der Waals surface area contributed by atoms with Gasteiger partial charge in [0.15, 0.2) is 0 Å². The number of anilines is 1. The first-order valence-electron chi connectivity index (χ1n) is 12.8. The van der Waals surface area contributed by atoms with Gasteiger partial charge in [-0.2, -0.15) is 11.8 Å². The summed E-state index contributed by atoms with van der Waals surface area (Å²) < 4.78 is 1.97. The second-order valence-electron chi connectivity index (χ2n) is 9.87. The Labute approximate surface area is 204 Å². The molecule has 6 rings (SSSR count). The molecule has 0 spiro atoms. The third-order valence-corrected chi connectivity index (χ3v) is 10.1. The molecule has 0 atom stereocenters. The fourth-order valence-corrected chi connectivity index (χ4v) is 8.53. The Bertz CT molecular complexity index is 1160. The topological polar surface area (TPSA) is 38.1 Å². The Morgan fingerprint density at radius 3 is 2.24 bits per heavy atom. The molecule has 0 radical (unpaired) electrons. The summed E-state index contributed by atoms with van der Waals surface area (Å²) in [5.74, 6) is 3.02. The van der Waals surface area contributed by atoms with Crippen LogP contribution in [-0.4, -0.2) is 27.4 Å². The summed E-state index contributed by atoms with van der Waals surface area (Å²) in [5, 5.41) is 0.884. The first-order chi connectivity index (χ1) is 16.3. The summed E-state index contributed by atoms with van der Waals surface area (Å²) in [4.78, 5) is 24.6. The monoisotopic (exact) mass is 479 g/mol. The predicted octanol–water partition coefficient (Wildman–Crippen LogP) is 6.71. The Balaban J connectivity index is 1.59. The van der Waals surface area contributed by atoms with Crippen molar-refractivity contribution in [2.45, 2.75) is 88.5 Å². The van der Waals surface area contributed by atoms with Crippen LogP contribution in [-0.2, 0) is 12.2 Å². The maximum atomic E-state index is 14.2. The first kappa shape index (κ1) is 21.7. The lowest BCUT2D eigenvalue weighted by Gasteiger charge is -2.43. The standard InChI is InChI=1S/C27H33N3OS2/c31-26-24-22-16-17-32-18-23(22)33-25(24)28-27(30(26)21-14-8-3-9-15-21)29(19-10-4-1-5-11-19)20-12-6-2-7-13-20/h3,8-9,14-15,19-20H,1-2,4-7,10-13,16-18H2. The summed E-state index contributed by atoms with van der Waals surface area (Å²) in [6.45, 7) is 0. The van der Waals surface area contributed by atoms with E-state index in [0.29, 0.717) is 12.1 Å². The average Bonchev–Trinajstić information content (AvgIpc) is 3.25. The van der Waals surface area contributed by atoms with E-state index < -0.39 is 0 Å². The minimum absolute atomic E-state index is 0.141. The van der Waals surface area contributed by atoms with Gasteiger partial charge in [-0.15, -0.1) is 11.3 Å². The zero-order valence-electron chi connectivity index (χ0n) is 19.3. The number of aryl methyl sites for hydroxylation is 1. The van der Waals surface area contributed by atoms with E-state index in [-0.39, 0.29) is 5.56 Å². The Morgan fingerprint density at radius 2 is 1.58 bits per heavy atom. The van der Waals surface area contributed by atoms with Gasteiger partial charge in [0.25, 0.3) is 5.56 Å². The molecule has 0 amide bonds. The third-order valence-electron chi connectivity index (χ3n) is 7.80. The van der Waals surface area contributed by atoms with E-state index >= 15 is 0 Å². The second-order valence-corrected chi connectivity index (χ2v) is 12.1. The van der Waals surface area contributed by atoms with E-state index in [1.54, 1.807) is 11.3 Å². The van der Waals surface area contributed by atoms with Gasteiger partial charge in [-0.05, 0) is 55.6 Å². The lowest BCUT2D eigenvalue weighted by molar-refractivity contribution is 0.334. The minimum Gasteiger partial charge on any atom is -0.336 e. The van der Waals surface area contributed by atoms with Gasteiger partial charge in [-0.25, -0.2) is 9.55 Å². The van der Waals surface area contributed by atoms with Crippen LogP contribution < -0.4 is 10.5 Å². The van der Waals surface area contributed by atoms with Gasteiger partial charge in [-0.1, -0.05) is 56.7 Å². The number of aromatic nitrogens is 2. The molecule has 2 fully saturated rings. The molecule has 0 N–H and O–H groups in total. The Kier molecular flexibility index (Phi) is 6.22. The second kappa shape index (κ2) is 9.46. The van der Waals surface area contributed by atoms with Gasteiger partial charge in [-0.3, -0.25) is 4.79 Å². The normalized spacial score (nSPS) is 20.1. The summed E-state index contributed by atoms with van der Waals surface area (Å²) in [7, 11) is 0. The van der Waals surface area contributed by atoms with Crippen molar-refractivity contribution < 1.29 is 0 Å². The van der Waals surface area contributed by atoms with Gasteiger partial charge in [0.2, 0.25) is 5.95 Å². The summed E-state index contributed by atoms with van der Waals surface area (Å²) >= 11 is 3.75. The van der Waals surface area contributed by atoms with Crippen molar-refractivity contribution in [2.75, 3.05) is 10.7 Å². The highest BCUT2D eigenvalue weighted by atomic mass is 32.2. The molecule has 2 saturated carbocycles. The smallest absolute Gasteiger partial charge is 0.268 e. The highest BCUT2D eigenvalue weighted by Gasteiger charge is 2.33. The predicted molar refractivity (Wildman–Crippen MR) is 141 cm³/mol. The lowest BCUT2D eigenvalue weighted by Crippen LogP contribution is -2.48. The zero-order valence-corrected chi connectivity index (χ0v) is 20.9. The van der Waals surface area contributed by atoms with Crippen LogP contribution in [0.4, 0.5) is 5.95 Å². The zero-order chi connectivity index (χ0) is 22.2. The number of thiophene rings is 1. The van der Waals surface area contributed by atoms with E-state index in [1.165, 1.54) is 74.6 Å². The van der Waals surface area contributed by atoms with E-state index in [2.05, 4.69) is 17.0 Å². The third kappa shape index (κ3) is 4.03. The molecule has 6 heteroatoms. The molecule has 4 nitrogen and oxygen atoms in total. The molecule has 0 bridgehead atoms. The number of fused-ring (bicyclic) bond motifs is 3. The van der Waals surface area contributed by atoms with Gasteiger partial charge in [0.05, 0.1) is 11.1 Å². The first-order valence-corrected chi connectivity index (χ1v) is 14.8. The molecule has 3 aromatic rings. The number of hydrogen-bond acceptors (Lipinski definition) is 5. The largest absolute Gasteiger partial charge is 0.336 e. The molecule has 3 aliphatic rings. The van der Waals surface area contributed by atoms with Crippen LogP contribution in [0.15, 0.2) is 35.1 Å². The van der Waals surface area contributed by atoms with Gasteiger partial charge < -0.3 is 4.90 Å². The van der Waals surface area contributed by atoms with Crippen molar-refractivity contribution >= 4 is 39.3 Å². The molecule has 1 aromatic carbocycles. The summed E-state index contributed by atoms with van der Waals surface area (Å²) in [5.41, 5.74) is 2.36.